The molecule has 0 aromatic heterocycles. The number of hydrogen-bond acceptors (Lipinski definition) is 4. The van der Waals surface area contributed by atoms with E-state index in [0.717, 1.165) is 32.5 Å². The third-order valence-corrected chi connectivity index (χ3v) is 4.58. The number of nitrogens with zero attached hydrogens (tertiary/aromatic N) is 3. The Hall–Kier alpha value is -0.850. The van der Waals surface area contributed by atoms with E-state index >= 15 is 0 Å². The van der Waals surface area contributed by atoms with Crippen LogP contribution in [0.1, 0.15) is 25.7 Å². The Balaban J connectivity index is 1.62. The minimum Gasteiger partial charge on any atom is -0.395 e. The molecule has 0 radical (unpaired) electrons. The van der Waals surface area contributed by atoms with Crippen LogP contribution < -0.4 is 5.32 Å². The molecule has 2 amide bonds. The Kier molecular flexibility index (Phi) is 6.26. The molecule has 2 rings (SSSR count). The van der Waals surface area contributed by atoms with Gasteiger partial charge in [-0.3, -0.25) is 0 Å². The van der Waals surface area contributed by atoms with Crippen molar-refractivity contribution in [3.05, 3.63) is 0 Å². The smallest absolute Gasteiger partial charge is 0.317 e. The molecular weight excluding hydrogens is 268 g/mol. The molecule has 1 aliphatic heterocycles. The van der Waals surface area contributed by atoms with Crippen LogP contribution in [0.4, 0.5) is 4.79 Å². The van der Waals surface area contributed by atoms with Gasteiger partial charge < -0.3 is 25.1 Å². The van der Waals surface area contributed by atoms with E-state index in [1.807, 2.05) is 0 Å². The lowest BCUT2D eigenvalue weighted by molar-refractivity contribution is 0.143. The van der Waals surface area contributed by atoms with E-state index in [2.05, 4.69) is 29.2 Å². The van der Waals surface area contributed by atoms with E-state index in [9.17, 15) is 4.79 Å². The van der Waals surface area contributed by atoms with Gasteiger partial charge in [0.15, 0.2) is 0 Å². The molecular formula is C15H30N4O2. The molecule has 1 heterocycles. The van der Waals surface area contributed by atoms with Crippen LogP contribution in [0.15, 0.2) is 0 Å². The van der Waals surface area contributed by atoms with Gasteiger partial charge in [0.1, 0.15) is 0 Å². The van der Waals surface area contributed by atoms with E-state index in [0.29, 0.717) is 25.2 Å². The molecule has 2 fully saturated rings. The second kappa shape index (κ2) is 7.96. The van der Waals surface area contributed by atoms with E-state index in [-0.39, 0.29) is 12.6 Å². The minimum absolute atomic E-state index is 0.0188. The van der Waals surface area contributed by atoms with Crippen LogP contribution >= 0.6 is 0 Å². The number of rotatable bonds is 7. The molecule has 1 saturated carbocycles. The molecule has 6 nitrogen and oxygen atoms in total. The molecule has 1 saturated heterocycles. The number of amides is 2. The highest BCUT2D eigenvalue weighted by atomic mass is 16.3. The SMILES string of the molecule is CN(C)C1CCN(CCNC(=O)N(CCO)C2CC2)CC1. The fourth-order valence-electron chi connectivity index (χ4n) is 3.03. The van der Waals surface area contributed by atoms with Gasteiger partial charge in [-0.15, -0.1) is 0 Å². The normalized spacial score (nSPS) is 20.8. The van der Waals surface area contributed by atoms with Crippen molar-refractivity contribution in [2.75, 3.05) is 53.4 Å². The molecule has 0 bridgehead atoms. The Morgan fingerprint density at radius 2 is 1.86 bits per heavy atom. The number of hydrogen-bond donors (Lipinski definition) is 2. The monoisotopic (exact) mass is 298 g/mol. The second-order valence-corrected chi connectivity index (χ2v) is 6.42. The van der Waals surface area contributed by atoms with Gasteiger partial charge in [0.2, 0.25) is 0 Å². The highest BCUT2D eigenvalue weighted by molar-refractivity contribution is 5.74. The lowest BCUT2D eigenvalue weighted by Gasteiger charge is -2.35. The van der Waals surface area contributed by atoms with Crippen molar-refractivity contribution in [2.45, 2.75) is 37.8 Å². The summed E-state index contributed by atoms with van der Waals surface area (Å²) in [5.74, 6) is 0. The topological polar surface area (TPSA) is 59.0 Å². The summed E-state index contributed by atoms with van der Waals surface area (Å²) in [4.78, 5) is 18.6. The summed E-state index contributed by atoms with van der Waals surface area (Å²) >= 11 is 0. The molecule has 1 aliphatic carbocycles. The van der Waals surface area contributed by atoms with Gasteiger partial charge in [-0.2, -0.15) is 0 Å². The van der Waals surface area contributed by atoms with Crippen molar-refractivity contribution in [3.63, 3.8) is 0 Å². The van der Waals surface area contributed by atoms with Crippen LogP contribution in [0.25, 0.3) is 0 Å². The van der Waals surface area contributed by atoms with Crippen LogP contribution in [-0.4, -0.2) is 91.3 Å². The Bertz CT molecular complexity index is 326. The highest BCUT2D eigenvalue weighted by Gasteiger charge is 2.32. The Morgan fingerprint density at radius 3 is 2.38 bits per heavy atom. The first-order valence-electron chi connectivity index (χ1n) is 8.16. The van der Waals surface area contributed by atoms with E-state index in [4.69, 9.17) is 5.11 Å². The standard InChI is InChI=1S/C15H30N4O2/c1-17(2)13-5-8-18(9-6-13)10-7-16-15(21)19(11-12-20)14-3-4-14/h13-14,20H,3-12H2,1-2H3,(H,16,21). The average Bonchev–Trinajstić information content (AvgIpc) is 3.29. The van der Waals surface area contributed by atoms with E-state index < -0.39 is 0 Å². The molecule has 0 spiro atoms. The zero-order valence-corrected chi connectivity index (χ0v) is 13.4. The lowest BCUT2D eigenvalue weighted by Crippen LogP contribution is -2.47. The highest BCUT2D eigenvalue weighted by Crippen LogP contribution is 2.26. The first-order valence-corrected chi connectivity index (χ1v) is 8.16. The molecule has 21 heavy (non-hydrogen) atoms. The van der Waals surface area contributed by atoms with Gasteiger partial charge in [0.25, 0.3) is 0 Å². The van der Waals surface area contributed by atoms with Gasteiger partial charge in [-0.1, -0.05) is 0 Å². The van der Waals surface area contributed by atoms with Crippen molar-refractivity contribution in [1.29, 1.82) is 0 Å². The van der Waals surface area contributed by atoms with Gasteiger partial charge >= 0.3 is 6.03 Å². The number of aliphatic hydroxyl groups is 1. The van der Waals surface area contributed by atoms with Crippen molar-refractivity contribution in [3.8, 4) is 0 Å². The zero-order valence-electron chi connectivity index (χ0n) is 13.4. The largest absolute Gasteiger partial charge is 0.395 e. The van der Waals surface area contributed by atoms with Crippen molar-refractivity contribution >= 4 is 6.03 Å². The molecule has 122 valence electrons. The molecule has 0 aromatic rings. The molecule has 2 N–H and O–H groups in total. The fourth-order valence-corrected chi connectivity index (χ4v) is 3.03. The average molecular weight is 298 g/mol. The number of aliphatic hydroxyl groups excluding tert-OH is 1. The van der Waals surface area contributed by atoms with Crippen LogP contribution in [0.5, 0.6) is 0 Å². The summed E-state index contributed by atoms with van der Waals surface area (Å²) in [6.45, 7) is 4.33. The number of carbonyl (C=O) groups is 1. The van der Waals surface area contributed by atoms with Gasteiger partial charge in [-0.05, 0) is 52.9 Å². The maximum absolute atomic E-state index is 12.1. The Morgan fingerprint density at radius 1 is 1.19 bits per heavy atom. The van der Waals surface area contributed by atoms with Crippen molar-refractivity contribution < 1.29 is 9.90 Å². The summed E-state index contributed by atoms with van der Waals surface area (Å²) < 4.78 is 0. The quantitative estimate of drug-likeness (QED) is 0.704. The number of likely N-dealkylation sites (tertiary alicyclic amines) is 1. The molecule has 0 atom stereocenters. The summed E-state index contributed by atoms with van der Waals surface area (Å²) in [7, 11) is 4.29. The molecule has 0 unspecified atom stereocenters. The van der Waals surface area contributed by atoms with Gasteiger partial charge in [0.05, 0.1) is 6.61 Å². The zero-order chi connectivity index (χ0) is 15.2. The Labute approximate surface area is 128 Å². The van der Waals surface area contributed by atoms with Gasteiger partial charge in [-0.25, -0.2) is 4.79 Å². The van der Waals surface area contributed by atoms with Crippen LogP contribution in [0, 0.1) is 0 Å². The third kappa shape index (κ3) is 5.13. The van der Waals surface area contributed by atoms with E-state index in [1.165, 1.54) is 12.8 Å². The molecule has 2 aliphatic rings. The maximum atomic E-state index is 12.1. The number of piperidine rings is 1. The van der Waals surface area contributed by atoms with Crippen molar-refractivity contribution in [1.82, 2.24) is 20.0 Å². The lowest BCUT2D eigenvalue weighted by atomic mass is 10.0. The second-order valence-electron chi connectivity index (χ2n) is 6.42. The first kappa shape index (κ1) is 16.5. The summed E-state index contributed by atoms with van der Waals surface area (Å²) in [5.41, 5.74) is 0. The predicted molar refractivity (Wildman–Crippen MR) is 83.4 cm³/mol. The fraction of sp³-hybridized carbons (Fsp3) is 0.933. The number of carbonyl (C=O) groups excluding carboxylic acids is 1. The minimum atomic E-state index is -0.0188. The maximum Gasteiger partial charge on any atom is 0.317 e. The summed E-state index contributed by atoms with van der Waals surface area (Å²) in [6, 6.07) is 1.04. The molecule has 6 heteroatoms. The van der Waals surface area contributed by atoms with Gasteiger partial charge in [0, 0.05) is 31.7 Å². The third-order valence-electron chi connectivity index (χ3n) is 4.58. The summed E-state index contributed by atoms with van der Waals surface area (Å²) in [6.07, 6.45) is 4.57. The van der Waals surface area contributed by atoms with Crippen molar-refractivity contribution in [2.24, 2.45) is 0 Å². The first-order chi connectivity index (χ1) is 10.1. The number of nitrogens with one attached hydrogen (secondary N) is 1. The molecule has 0 aromatic carbocycles. The number of urea groups is 1. The van der Waals surface area contributed by atoms with E-state index in [1.54, 1.807) is 4.90 Å². The summed E-state index contributed by atoms with van der Waals surface area (Å²) in [5, 5.41) is 12.0. The van der Waals surface area contributed by atoms with Crippen LogP contribution in [-0.2, 0) is 0 Å². The van der Waals surface area contributed by atoms with Crippen LogP contribution in [0.3, 0.4) is 0 Å². The predicted octanol–water partition coefficient (Wildman–Crippen LogP) is 0.179. The van der Waals surface area contributed by atoms with Crippen LogP contribution in [0.2, 0.25) is 0 Å².